The Morgan fingerprint density at radius 3 is 2.95 bits per heavy atom. The molecule has 3 aromatic rings. The smallest absolute Gasteiger partial charge is 0.348 e. The summed E-state index contributed by atoms with van der Waals surface area (Å²) in [7, 11) is 0. The van der Waals surface area contributed by atoms with Crippen LogP contribution < -0.4 is 0 Å². The molecule has 0 spiro atoms. The first-order valence-corrected chi connectivity index (χ1v) is 7.05. The first-order chi connectivity index (χ1) is 9.20. The number of pyridine rings is 1. The monoisotopic (exact) mass is 291 g/mol. The topological polar surface area (TPSA) is 39.2 Å². The van der Waals surface area contributed by atoms with Crippen molar-refractivity contribution < 1.29 is 9.53 Å². The molecule has 0 fully saturated rings. The molecule has 3 rings (SSSR count). The summed E-state index contributed by atoms with van der Waals surface area (Å²) in [5.74, 6) is -0.316. The van der Waals surface area contributed by atoms with Crippen molar-refractivity contribution in [2.45, 2.75) is 6.92 Å². The fourth-order valence-electron chi connectivity index (χ4n) is 1.98. The number of carbonyl (C=O) groups excluding carboxylic acids is 1. The largest absolute Gasteiger partial charge is 0.462 e. The van der Waals surface area contributed by atoms with Gasteiger partial charge in [-0.1, -0.05) is 29.8 Å². The first kappa shape index (κ1) is 12.4. The Morgan fingerprint density at radius 1 is 1.37 bits per heavy atom. The number of nitrogens with zero attached hydrogens (tertiary/aromatic N) is 1. The molecule has 0 aliphatic rings. The number of esters is 1. The van der Waals surface area contributed by atoms with E-state index in [4.69, 9.17) is 16.3 Å². The van der Waals surface area contributed by atoms with Crippen LogP contribution in [0.4, 0.5) is 0 Å². The Bertz CT molecular complexity index is 782. The Hall–Kier alpha value is -1.65. The molecule has 3 nitrogen and oxygen atoms in total. The van der Waals surface area contributed by atoms with Gasteiger partial charge in [-0.3, -0.25) is 0 Å². The number of halogens is 1. The summed E-state index contributed by atoms with van der Waals surface area (Å²) in [5, 5.41) is 2.22. The molecule has 0 aliphatic heterocycles. The molecule has 0 bridgehead atoms. The van der Waals surface area contributed by atoms with Gasteiger partial charge in [0, 0.05) is 15.5 Å². The number of fused-ring (bicyclic) bond motifs is 3. The number of thiophene rings is 1. The van der Waals surface area contributed by atoms with Crippen LogP contribution in [0.25, 0.3) is 21.0 Å². The van der Waals surface area contributed by atoms with Gasteiger partial charge in [0.1, 0.15) is 10.0 Å². The van der Waals surface area contributed by atoms with E-state index in [0.717, 1.165) is 21.0 Å². The van der Waals surface area contributed by atoms with E-state index in [2.05, 4.69) is 4.98 Å². The van der Waals surface area contributed by atoms with Gasteiger partial charge >= 0.3 is 5.97 Å². The van der Waals surface area contributed by atoms with Crippen molar-refractivity contribution in [2.24, 2.45) is 0 Å². The molecular weight excluding hydrogens is 282 g/mol. The van der Waals surface area contributed by atoms with Crippen molar-refractivity contribution >= 4 is 49.9 Å². The molecule has 1 aromatic carbocycles. The van der Waals surface area contributed by atoms with Crippen LogP contribution in [0.15, 0.2) is 30.3 Å². The number of ether oxygens (including phenoxy) is 1. The van der Waals surface area contributed by atoms with Gasteiger partial charge in [0.2, 0.25) is 0 Å². The van der Waals surface area contributed by atoms with Crippen LogP contribution in [0.3, 0.4) is 0 Å². The zero-order valence-corrected chi connectivity index (χ0v) is 11.7. The third kappa shape index (κ3) is 2.07. The third-order valence-corrected chi connectivity index (χ3v) is 4.23. The molecule has 0 saturated heterocycles. The van der Waals surface area contributed by atoms with Gasteiger partial charge in [0.25, 0.3) is 0 Å². The summed E-state index contributed by atoms with van der Waals surface area (Å²) in [6, 6.07) is 9.50. The molecular formula is C14H10ClNO2S. The van der Waals surface area contributed by atoms with Gasteiger partial charge in [-0.05, 0) is 19.1 Å². The predicted molar refractivity (Wildman–Crippen MR) is 78.1 cm³/mol. The normalized spacial score (nSPS) is 11.1. The van der Waals surface area contributed by atoms with Crippen LogP contribution in [-0.4, -0.2) is 17.6 Å². The van der Waals surface area contributed by atoms with Gasteiger partial charge < -0.3 is 4.74 Å². The highest BCUT2D eigenvalue weighted by molar-refractivity contribution is 7.21. The maximum atomic E-state index is 11.8. The molecule has 96 valence electrons. The Kier molecular flexibility index (Phi) is 3.12. The van der Waals surface area contributed by atoms with E-state index in [1.807, 2.05) is 24.3 Å². The molecule has 0 unspecified atom stereocenters. The summed E-state index contributed by atoms with van der Waals surface area (Å²) in [6.07, 6.45) is 0. The second kappa shape index (κ2) is 4.79. The quantitative estimate of drug-likeness (QED) is 0.522. The molecule has 0 radical (unpaired) electrons. The van der Waals surface area contributed by atoms with Crippen LogP contribution >= 0.6 is 22.9 Å². The van der Waals surface area contributed by atoms with E-state index < -0.39 is 0 Å². The highest BCUT2D eigenvalue weighted by Gasteiger charge is 2.15. The van der Waals surface area contributed by atoms with Crippen molar-refractivity contribution in [3.8, 4) is 0 Å². The van der Waals surface area contributed by atoms with Gasteiger partial charge in [0.15, 0.2) is 0 Å². The number of carbonyl (C=O) groups is 1. The molecule has 19 heavy (non-hydrogen) atoms. The number of benzene rings is 1. The van der Waals surface area contributed by atoms with Crippen LogP contribution in [0.5, 0.6) is 0 Å². The summed E-state index contributed by atoms with van der Waals surface area (Å²) in [6.45, 7) is 2.15. The lowest BCUT2D eigenvalue weighted by Crippen LogP contribution is -2.01. The minimum atomic E-state index is -0.316. The maximum Gasteiger partial charge on any atom is 0.348 e. The van der Waals surface area contributed by atoms with Crippen LogP contribution in [0, 0.1) is 0 Å². The van der Waals surface area contributed by atoms with Crippen LogP contribution in [0.1, 0.15) is 16.6 Å². The molecule has 5 heteroatoms. The van der Waals surface area contributed by atoms with Crippen LogP contribution in [0.2, 0.25) is 5.15 Å². The Morgan fingerprint density at radius 2 is 2.16 bits per heavy atom. The summed E-state index contributed by atoms with van der Waals surface area (Å²) in [4.78, 5) is 16.7. The first-order valence-electron chi connectivity index (χ1n) is 5.85. The van der Waals surface area contributed by atoms with Crippen molar-refractivity contribution in [1.82, 2.24) is 4.98 Å². The molecule has 0 amide bonds. The predicted octanol–water partition coefficient (Wildman–Crippen LogP) is 4.28. The van der Waals surface area contributed by atoms with Crippen molar-refractivity contribution in [3.63, 3.8) is 0 Å². The Balaban J connectivity index is 2.29. The van der Waals surface area contributed by atoms with Gasteiger partial charge in [0.05, 0.1) is 12.1 Å². The lowest BCUT2D eigenvalue weighted by molar-refractivity contribution is 0.0532. The Labute approximate surface area is 118 Å². The lowest BCUT2D eigenvalue weighted by Gasteiger charge is -1.99. The van der Waals surface area contributed by atoms with E-state index in [0.29, 0.717) is 16.6 Å². The van der Waals surface area contributed by atoms with Crippen molar-refractivity contribution in [3.05, 3.63) is 40.4 Å². The summed E-state index contributed by atoms with van der Waals surface area (Å²) in [5.41, 5.74) is 0.831. The van der Waals surface area contributed by atoms with E-state index in [1.165, 1.54) is 11.3 Å². The molecule has 0 saturated carbocycles. The van der Waals surface area contributed by atoms with Gasteiger partial charge in [-0.25, -0.2) is 9.78 Å². The highest BCUT2D eigenvalue weighted by atomic mass is 35.5. The number of aromatic nitrogens is 1. The summed E-state index contributed by atoms with van der Waals surface area (Å²) < 4.78 is 5.99. The average molecular weight is 292 g/mol. The number of hydrogen-bond donors (Lipinski definition) is 0. The fourth-order valence-corrected chi connectivity index (χ4v) is 3.36. The molecule has 0 aliphatic carbocycles. The number of para-hydroxylation sites is 1. The van der Waals surface area contributed by atoms with E-state index in [-0.39, 0.29) is 5.97 Å². The maximum absolute atomic E-state index is 11.8. The SMILES string of the molecule is CCOC(=O)c1cc2c(Cl)nc3ccccc3c2s1. The molecule has 2 heterocycles. The fraction of sp³-hybridized carbons (Fsp3) is 0.143. The average Bonchev–Trinajstić information content (AvgIpc) is 2.85. The third-order valence-electron chi connectivity index (χ3n) is 2.80. The zero-order chi connectivity index (χ0) is 13.4. The van der Waals surface area contributed by atoms with Crippen molar-refractivity contribution in [2.75, 3.05) is 6.61 Å². The van der Waals surface area contributed by atoms with Gasteiger partial charge in [-0.2, -0.15) is 0 Å². The standard InChI is InChI=1S/C14H10ClNO2S/c1-2-18-14(17)11-7-9-12(19-11)8-5-3-4-6-10(8)16-13(9)15/h3-7H,2H2,1H3. The summed E-state index contributed by atoms with van der Waals surface area (Å²) >= 11 is 7.56. The zero-order valence-electron chi connectivity index (χ0n) is 10.1. The van der Waals surface area contributed by atoms with E-state index in [9.17, 15) is 4.79 Å². The van der Waals surface area contributed by atoms with Crippen molar-refractivity contribution in [1.29, 1.82) is 0 Å². The molecule has 0 atom stereocenters. The van der Waals surface area contributed by atoms with E-state index >= 15 is 0 Å². The lowest BCUT2D eigenvalue weighted by atomic mass is 10.2. The number of rotatable bonds is 2. The molecule has 2 aromatic heterocycles. The van der Waals surface area contributed by atoms with E-state index in [1.54, 1.807) is 13.0 Å². The van der Waals surface area contributed by atoms with Crippen LogP contribution in [-0.2, 0) is 4.74 Å². The minimum absolute atomic E-state index is 0.316. The minimum Gasteiger partial charge on any atom is -0.462 e. The second-order valence-electron chi connectivity index (χ2n) is 3.99. The second-order valence-corrected chi connectivity index (χ2v) is 5.40. The highest BCUT2D eigenvalue weighted by Crippen LogP contribution is 2.35. The van der Waals surface area contributed by atoms with Gasteiger partial charge in [-0.15, -0.1) is 11.3 Å². The molecule has 0 N–H and O–H groups in total. The number of hydrogen-bond acceptors (Lipinski definition) is 4.